The van der Waals surface area contributed by atoms with E-state index in [1.807, 2.05) is 24.3 Å². The Morgan fingerprint density at radius 1 is 1.25 bits per heavy atom. The van der Waals surface area contributed by atoms with E-state index >= 15 is 0 Å². The second kappa shape index (κ2) is 5.58. The van der Waals surface area contributed by atoms with Crippen molar-refractivity contribution in [1.29, 1.82) is 0 Å². The van der Waals surface area contributed by atoms with Gasteiger partial charge in [-0.25, -0.2) is 5.43 Å². The van der Waals surface area contributed by atoms with Crippen molar-refractivity contribution in [2.45, 2.75) is 6.04 Å². The minimum atomic E-state index is -0.177. The number of nitrogens with zero attached hydrogens (tertiary/aromatic N) is 1. The van der Waals surface area contributed by atoms with Gasteiger partial charge >= 0.3 is 0 Å². The number of fused-ring (bicyclic) bond motifs is 1. The smallest absolute Gasteiger partial charge is 0.142 e. The van der Waals surface area contributed by atoms with Gasteiger partial charge in [-0.15, -0.1) is 11.3 Å². The van der Waals surface area contributed by atoms with E-state index in [2.05, 4.69) is 28.6 Å². The number of rotatable bonds is 4. The molecular weight excluding hydrogens is 270 g/mol. The summed E-state index contributed by atoms with van der Waals surface area (Å²) in [5.74, 6) is 6.47. The van der Waals surface area contributed by atoms with Gasteiger partial charge in [0.25, 0.3) is 0 Å². The maximum Gasteiger partial charge on any atom is 0.142 e. The lowest BCUT2D eigenvalue weighted by Gasteiger charge is -2.16. The Morgan fingerprint density at radius 3 is 2.85 bits per heavy atom. The van der Waals surface area contributed by atoms with Crippen LogP contribution >= 0.6 is 11.3 Å². The summed E-state index contributed by atoms with van der Waals surface area (Å²) in [5.41, 5.74) is 3.63. The lowest BCUT2D eigenvalue weighted by atomic mass is 10.1. The van der Waals surface area contributed by atoms with E-state index in [0.717, 1.165) is 16.3 Å². The molecule has 0 spiro atoms. The van der Waals surface area contributed by atoms with Gasteiger partial charge in [-0.1, -0.05) is 18.2 Å². The number of pyridine rings is 1. The molecule has 3 aromatic rings. The SMILES string of the molecule is COc1cccnc1C(NN)c1cc2ccccc2s1. The summed E-state index contributed by atoms with van der Waals surface area (Å²) in [6.07, 6.45) is 1.75. The second-order valence-corrected chi connectivity index (χ2v) is 5.49. The quantitative estimate of drug-likeness (QED) is 0.571. The topological polar surface area (TPSA) is 60.2 Å². The first-order chi connectivity index (χ1) is 9.83. The maximum atomic E-state index is 5.74. The van der Waals surface area contributed by atoms with Crippen LogP contribution in [0.5, 0.6) is 5.75 Å². The highest BCUT2D eigenvalue weighted by Gasteiger charge is 2.20. The van der Waals surface area contributed by atoms with Gasteiger partial charge in [-0.05, 0) is 29.7 Å². The van der Waals surface area contributed by atoms with Crippen molar-refractivity contribution < 1.29 is 4.74 Å². The predicted molar refractivity (Wildman–Crippen MR) is 81.8 cm³/mol. The minimum Gasteiger partial charge on any atom is -0.495 e. The summed E-state index contributed by atoms with van der Waals surface area (Å²) in [6, 6.07) is 14.0. The summed E-state index contributed by atoms with van der Waals surface area (Å²) < 4.78 is 6.60. The highest BCUT2D eigenvalue weighted by Crippen LogP contribution is 2.34. The van der Waals surface area contributed by atoms with Gasteiger partial charge in [-0.3, -0.25) is 10.8 Å². The first kappa shape index (κ1) is 13.1. The molecule has 1 aromatic carbocycles. The molecule has 20 heavy (non-hydrogen) atoms. The molecule has 4 nitrogen and oxygen atoms in total. The fourth-order valence-corrected chi connectivity index (χ4v) is 3.36. The van der Waals surface area contributed by atoms with Gasteiger partial charge in [0, 0.05) is 15.8 Å². The zero-order chi connectivity index (χ0) is 13.9. The number of hydrazine groups is 1. The van der Waals surface area contributed by atoms with Crippen LogP contribution in [0.15, 0.2) is 48.7 Å². The Hall–Kier alpha value is -1.95. The molecule has 0 aliphatic heterocycles. The van der Waals surface area contributed by atoms with Crippen molar-refractivity contribution in [1.82, 2.24) is 10.4 Å². The third-order valence-corrected chi connectivity index (χ3v) is 4.37. The van der Waals surface area contributed by atoms with Crippen LogP contribution in [0, 0.1) is 0 Å². The molecule has 0 fully saturated rings. The van der Waals surface area contributed by atoms with Crippen LogP contribution in [0.25, 0.3) is 10.1 Å². The largest absolute Gasteiger partial charge is 0.495 e. The molecule has 3 rings (SSSR count). The molecule has 0 bridgehead atoms. The maximum absolute atomic E-state index is 5.74. The molecule has 0 saturated carbocycles. The molecule has 1 unspecified atom stereocenters. The van der Waals surface area contributed by atoms with Gasteiger partial charge in [-0.2, -0.15) is 0 Å². The minimum absolute atomic E-state index is 0.177. The highest BCUT2D eigenvalue weighted by molar-refractivity contribution is 7.19. The molecule has 102 valence electrons. The Morgan fingerprint density at radius 2 is 2.10 bits per heavy atom. The number of hydrogen-bond acceptors (Lipinski definition) is 5. The highest BCUT2D eigenvalue weighted by atomic mass is 32.1. The van der Waals surface area contributed by atoms with Crippen LogP contribution < -0.4 is 16.0 Å². The standard InChI is InChI=1S/C15H15N3OS/c1-19-11-6-4-8-17-14(11)15(18-16)13-9-10-5-2-3-7-12(10)20-13/h2-9,15,18H,16H2,1H3. The van der Waals surface area contributed by atoms with Gasteiger partial charge < -0.3 is 4.74 Å². The van der Waals surface area contributed by atoms with Crippen LogP contribution in [0.3, 0.4) is 0 Å². The number of nitrogens with one attached hydrogen (secondary N) is 1. The van der Waals surface area contributed by atoms with Gasteiger partial charge in [0.1, 0.15) is 17.5 Å². The van der Waals surface area contributed by atoms with E-state index in [9.17, 15) is 0 Å². The summed E-state index contributed by atoms with van der Waals surface area (Å²) in [5, 5.41) is 1.21. The van der Waals surface area contributed by atoms with Crippen LogP contribution in [0.1, 0.15) is 16.6 Å². The molecular formula is C15H15N3OS. The molecule has 1 atom stereocenters. The summed E-state index contributed by atoms with van der Waals surface area (Å²) in [7, 11) is 1.64. The summed E-state index contributed by atoms with van der Waals surface area (Å²) >= 11 is 1.71. The molecule has 0 aliphatic rings. The molecule has 2 aromatic heterocycles. The Bertz CT molecular complexity index is 693. The molecule has 0 aliphatic carbocycles. The van der Waals surface area contributed by atoms with E-state index < -0.39 is 0 Å². The lowest BCUT2D eigenvalue weighted by molar-refractivity contribution is 0.401. The van der Waals surface area contributed by atoms with E-state index in [1.165, 1.54) is 10.1 Å². The third-order valence-electron chi connectivity index (χ3n) is 3.19. The van der Waals surface area contributed by atoms with Crippen molar-refractivity contribution >= 4 is 21.4 Å². The Labute approximate surface area is 121 Å². The number of nitrogens with two attached hydrogens (primary N) is 1. The molecule has 0 amide bonds. The van der Waals surface area contributed by atoms with E-state index in [-0.39, 0.29) is 6.04 Å². The number of hydrogen-bond donors (Lipinski definition) is 2. The number of ether oxygens (including phenoxy) is 1. The lowest BCUT2D eigenvalue weighted by Crippen LogP contribution is -2.29. The fraction of sp³-hybridized carbons (Fsp3) is 0.133. The van der Waals surface area contributed by atoms with Crippen LogP contribution in [0.2, 0.25) is 0 Å². The molecule has 0 saturated heterocycles. The number of aromatic nitrogens is 1. The monoisotopic (exact) mass is 285 g/mol. The second-order valence-electron chi connectivity index (χ2n) is 4.38. The van der Waals surface area contributed by atoms with E-state index in [1.54, 1.807) is 24.6 Å². The number of methoxy groups -OCH3 is 1. The van der Waals surface area contributed by atoms with Crippen LogP contribution in [0.4, 0.5) is 0 Å². The summed E-state index contributed by atoms with van der Waals surface area (Å²) in [4.78, 5) is 5.52. The van der Waals surface area contributed by atoms with Gasteiger partial charge in [0.2, 0.25) is 0 Å². The first-order valence-corrected chi connectivity index (χ1v) is 7.08. The fourth-order valence-electron chi connectivity index (χ4n) is 2.23. The molecule has 5 heteroatoms. The van der Waals surface area contributed by atoms with Gasteiger partial charge in [0.15, 0.2) is 0 Å². The van der Waals surface area contributed by atoms with Crippen LogP contribution in [-0.4, -0.2) is 12.1 Å². The van der Waals surface area contributed by atoms with Crippen molar-refractivity contribution in [3.63, 3.8) is 0 Å². The van der Waals surface area contributed by atoms with Crippen molar-refractivity contribution in [2.24, 2.45) is 5.84 Å². The Balaban J connectivity index is 2.09. The average molecular weight is 285 g/mol. The van der Waals surface area contributed by atoms with Gasteiger partial charge in [0.05, 0.1) is 7.11 Å². The van der Waals surface area contributed by atoms with Crippen molar-refractivity contribution in [3.8, 4) is 5.75 Å². The predicted octanol–water partition coefficient (Wildman–Crippen LogP) is 2.86. The number of benzene rings is 1. The Kier molecular flexibility index (Phi) is 3.64. The zero-order valence-electron chi connectivity index (χ0n) is 11.0. The zero-order valence-corrected chi connectivity index (χ0v) is 11.9. The summed E-state index contributed by atoms with van der Waals surface area (Å²) in [6.45, 7) is 0. The molecule has 0 radical (unpaired) electrons. The third kappa shape index (κ3) is 2.27. The molecule has 2 heterocycles. The van der Waals surface area contributed by atoms with E-state index in [0.29, 0.717) is 0 Å². The molecule has 3 N–H and O–H groups in total. The first-order valence-electron chi connectivity index (χ1n) is 6.27. The number of thiophene rings is 1. The van der Waals surface area contributed by atoms with E-state index in [4.69, 9.17) is 10.6 Å². The van der Waals surface area contributed by atoms with Crippen molar-refractivity contribution in [3.05, 3.63) is 59.2 Å². The van der Waals surface area contributed by atoms with Crippen molar-refractivity contribution in [2.75, 3.05) is 7.11 Å². The van der Waals surface area contributed by atoms with Crippen LogP contribution in [-0.2, 0) is 0 Å². The normalized spacial score (nSPS) is 12.5. The average Bonchev–Trinajstić information content (AvgIpc) is 2.92.